The van der Waals surface area contributed by atoms with Gasteiger partial charge < -0.3 is 10.0 Å². The number of nitrogens with zero attached hydrogens (tertiary/aromatic N) is 1. The number of amides is 2. The first-order valence-electron chi connectivity index (χ1n) is 8.38. The number of rotatable bonds is 3. The minimum Gasteiger partial charge on any atom is -0.396 e. The van der Waals surface area contributed by atoms with E-state index in [1.165, 1.54) is 5.69 Å². The summed E-state index contributed by atoms with van der Waals surface area (Å²) in [6, 6.07) is 6.24. The van der Waals surface area contributed by atoms with E-state index in [0.29, 0.717) is 18.8 Å². The number of aliphatic hydroxyl groups is 1. The molecule has 5 nitrogen and oxygen atoms in total. The van der Waals surface area contributed by atoms with Gasteiger partial charge in [0, 0.05) is 31.8 Å². The largest absolute Gasteiger partial charge is 0.396 e. The average molecular weight is 316 g/mol. The highest BCUT2D eigenvalue weighted by atomic mass is 16.3. The number of benzene rings is 1. The van der Waals surface area contributed by atoms with Crippen molar-refractivity contribution >= 4 is 17.5 Å². The van der Waals surface area contributed by atoms with Gasteiger partial charge in [-0.05, 0) is 55.4 Å². The van der Waals surface area contributed by atoms with Gasteiger partial charge in [0.2, 0.25) is 11.8 Å². The Kier molecular flexibility index (Phi) is 4.66. The maximum absolute atomic E-state index is 12.0. The van der Waals surface area contributed by atoms with E-state index in [2.05, 4.69) is 22.3 Å². The van der Waals surface area contributed by atoms with Crippen LogP contribution in [0.3, 0.4) is 0 Å². The van der Waals surface area contributed by atoms with E-state index in [1.807, 2.05) is 13.0 Å². The molecule has 2 heterocycles. The second-order valence-corrected chi connectivity index (χ2v) is 6.66. The van der Waals surface area contributed by atoms with Gasteiger partial charge in [0.1, 0.15) is 0 Å². The number of piperidine rings is 2. The van der Waals surface area contributed by atoms with Crippen molar-refractivity contribution in [2.24, 2.45) is 5.92 Å². The molecule has 3 rings (SSSR count). The van der Waals surface area contributed by atoms with E-state index >= 15 is 0 Å². The molecule has 2 fully saturated rings. The summed E-state index contributed by atoms with van der Waals surface area (Å²) in [4.78, 5) is 25.7. The Labute approximate surface area is 136 Å². The third-order valence-electron chi connectivity index (χ3n) is 5.11. The molecular weight excluding hydrogens is 292 g/mol. The summed E-state index contributed by atoms with van der Waals surface area (Å²) in [6.07, 6.45) is 3.04. The number of hydrogen-bond donors (Lipinski definition) is 2. The van der Waals surface area contributed by atoms with Crippen molar-refractivity contribution in [1.82, 2.24) is 5.32 Å². The molecule has 0 radical (unpaired) electrons. The predicted molar refractivity (Wildman–Crippen MR) is 88.3 cm³/mol. The van der Waals surface area contributed by atoms with Crippen LogP contribution >= 0.6 is 0 Å². The van der Waals surface area contributed by atoms with Crippen molar-refractivity contribution in [2.75, 3.05) is 24.6 Å². The number of anilines is 1. The molecule has 1 aromatic carbocycles. The molecule has 1 atom stereocenters. The number of aryl methyl sites for hydroxylation is 1. The van der Waals surface area contributed by atoms with Gasteiger partial charge in [-0.1, -0.05) is 6.07 Å². The van der Waals surface area contributed by atoms with Gasteiger partial charge in [0.15, 0.2) is 0 Å². The fourth-order valence-corrected chi connectivity index (χ4v) is 3.61. The molecule has 2 N–H and O–H groups in total. The van der Waals surface area contributed by atoms with Crippen molar-refractivity contribution in [3.63, 3.8) is 0 Å². The SMILES string of the molecule is Cc1cc(N2CCC(CO)CC2)ccc1C1CCC(=O)NC1=O. The first kappa shape index (κ1) is 16.0. The Hall–Kier alpha value is -1.88. The molecule has 1 aromatic rings. The topological polar surface area (TPSA) is 69.6 Å². The molecule has 0 spiro atoms. The fourth-order valence-electron chi connectivity index (χ4n) is 3.61. The lowest BCUT2D eigenvalue weighted by molar-refractivity contribution is -0.134. The van der Waals surface area contributed by atoms with Crippen LogP contribution in [0.2, 0.25) is 0 Å². The normalized spacial score (nSPS) is 23.0. The number of nitrogens with one attached hydrogen (secondary N) is 1. The van der Waals surface area contributed by atoms with Crippen LogP contribution in [-0.4, -0.2) is 36.6 Å². The molecular formula is C18H24N2O3. The molecule has 2 amide bonds. The molecule has 0 saturated carbocycles. The van der Waals surface area contributed by atoms with Crippen molar-refractivity contribution in [3.05, 3.63) is 29.3 Å². The van der Waals surface area contributed by atoms with E-state index in [1.54, 1.807) is 0 Å². The van der Waals surface area contributed by atoms with E-state index in [0.717, 1.165) is 37.1 Å². The zero-order chi connectivity index (χ0) is 16.4. The Bertz CT molecular complexity index is 606. The number of carbonyl (C=O) groups excluding carboxylic acids is 2. The molecule has 0 aromatic heterocycles. The summed E-state index contributed by atoms with van der Waals surface area (Å²) in [5, 5.41) is 11.7. The monoisotopic (exact) mass is 316 g/mol. The standard InChI is InChI=1S/C18H24N2O3/c1-12-10-14(20-8-6-13(11-21)7-9-20)2-3-15(12)16-4-5-17(22)19-18(16)23/h2-3,10,13,16,21H,4-9,11H2,1H3,(H,19,22,23). The molecule has 1 unspecified atom stereocenters. The maximum atomic E-state index is 12.0. The first-order valence-corrected chi connectivity index (χ1v) is 8.38. The second-order valence-electron chi connectivity index (χ2n) is 6.66. The molecule has 0 bridgehead atoms. The number of aliphatic hydroxyl groups excluding tert-OH is 1. The summed E-state index contributed by atoms with van der Waals surface area (Å²) in [5.74, 6) is -0.148. The molecule has 2 aliphatic rings. The van der Waals surface area contributed by atoms with Gasteiger partial charge in [-0.3, -0.25) is 14.9 Å². The summed E-state index contributed by atoms with van der Waals surface area (Å²) >= 11 is 0. The Morgan fingerprint density at radius 1 is 1.22 bits per heavy atom. The number of imide groups is 1. The summed E-state index contributed by atoms with van der Waals surface area (Å²) in [5.41, 5.74) is 3.29. The van der Waals surface area contributed by atoms with Gasteiger partial charge in [0.25, 0.3) is 0 Å². The van der Waals surface area contributed by atoms with E-state index in [-0.39, 0.29) is 24.3 Å². The fraction of sp³-hybridized carbons (Fsp3) is 0.556. The van der Waals surface area contributed by atoms with E-state index < -0.39 is 0 Å². The molecule has 23 heavy (non-hydrogen) atoms. The first-order chi connectivity index (χ1) is 11.1. The Balaban J connectivity index is 1.73. The van der Waals surface area contributed by atoms with Crippen LogP contribution in [0.4, 0.5) is 5.69 Å². The average Bonchev–Trinajstić information content (AvgIpc) is 2.55. The number of hydrogen-bond acceptors (Lipinski definition) is 4. The minimum atomic E-state index is -0.220. The van der Waals surface area contributed by atoms with Crippen molar-refractivity contribution < 1.29 is 14.7 Å². The van der Waals surface area contributed by atoms with Gasteiger partial charge in [0.05, 0.1) is 5.92 Å². The van der Waals surface area contributed by atoms with Crippen LogP contribution in [0.1, 0.15) is 42.7 Å². The summed E-state index contributed by atoms with van der Waals surface area (Å²) < 4.78 is 0. The summed E-state index contributed by atoms with van der Waals surface area (Å²) in [6.45, 7) is 4.23. The molecule has 2 saturated heterocycles. The molecule has 0 aliphatic carbocycles. The van der Waals surface area contributed by atoms with Crippen LogP contribution in [0.25, 0.3) is 0 Å². The Morgan fingerprint density at radius 2 is 1.96 bits per heavy atom. The van der Waals surface area contributed by atoms with Crippen LogP contribution in [0, 0.1) is 12.8 Å². The minimum absolute atomic E-state index is 0.174. The van der Waals surface area contributed by atoms with Crippen molar-refractivity contribution in [1.29, 1.82) is 0 Å². The smallest absolute Gasteiger partial charge is 0.234 e. The molecule has 124 valence electrons. The third kappa shape index (κ3) is 3.39. The maximum Gasteiger partial charge on any atom is 0.234 e. The zero-order valence-electron chi connectivity index (χ0n) is 13.5. The second kappa shape index (κ2) is 6.71. The van der Waals surface area contributed by atoms with Gasteiger partial charge in [-0.25, -0.2) is 0 Å². The van der Waals surface area contributed by atoms with Gasteiger partial charge >= 0.3 is 0 Å². The highest BCUT2D eigenvalue weighted by molar-refractivity contribution is 6.01. The highest BCUT2D eigenvalue weighted by Crippen LogP contribution is 2.31. The van der Waals surface area contributed by atoms with Crippen molar-refractivity contribution in [2.45, 2.75) is 38.5 Å². The number of carbonyl (C=O) groups is 2. The summed E-state index contributed by atoms with van der Waals surface area (Å²) in [7, 11) is 0. The molecule has 5 heteroatoms. The van der Waals surface area contributed by atoms with Crippen molar-refractivity contribution in [3.8, 4) is 0 Å². The van der Waals surface area contributed by atoms with E-state index in [4.69, 9.17) is 0 Å². The predicted octanol–water partition coefficient (Wildman–Crippen LogP) is 1.72. The molecule has 2 aliphatic heterocycles. The van der Waals surface area contributed by atoms with Gasteiger partial charge in [-0.2, -0.15) is 0 Å². The lowest BCUT2D eigenvalue weighted by Crippen LogP contribution is -2.39. The third-order valence-corrected chi connectivity index (χ3v) is 5.11. The van der Waals surface area contributed by atoms with Gasteiger partial charge in [-0.15, -0.1) is 0 Å². The quantitative estimate of drug-likeness (QED) is 0.833. The lowest BCUT2D eigenvalue weighted by atomic mass is 9.87. The van der Waals surface area contributed by atoms with Crippen LogP contribution < -0.4 is 10.2 Å². The van der Waals surface area contributed by atoms with Crippen LogP contribution in [0.15, 0.2) is 18.2 Å². The van der Waals surface area contributed by atoms with E-state index in [9.17, 15) is 14.7 Å². The Morgan fingerprint density at radius 3 is 2.57 bits per heavy atom. The highest BCUT2D eigenvalue weighted by Gasteiger charge is 2.29. The zero-order valence-corrected chi connectivity index (χ0v) is 13.5. The van der Waals surface area contributed by atoms with Crippen LogP contribution in [0.5, 0.6) is 0 Å². The van der Waals surface area contributed by atoms with Crippen LogP contribution in [-0.2, 0) is 9.59 Å². The lowest BCUT2D eigenvalue weighted by Gasteiger charge is -2.33.